The van der Waals surface area contributed by atoms with Crippen molar-refractivity contribution in [3.63, 3.8) is 0 Å². The minimum Gasteiger partial charge on any atom is -0.292 e. The van der Waals surface area contributed by atoms with E-state index in [2.05, 4.69) is 253 Å². The first kappa shape index (κ1) is 38.4. The van der Waals surface area contributed by atoms with Gasteiger partial charge in [0.2, 0.25) is 5.95 Å². The third-order valence-electron chi connectivity index (χ3n) is 12.8. The van der Waals surface area contributed by atoms with Crippen molar-refractivity contribution >= 4 is 43.9 Å². The van der Waals surface area contributed by atoms with Crippen molar-refractivity contribution in [3.05, 3.63) is 224 Å². The van der Waals surface area contributed by atoms with E-state index < -0.39 is 0 Å². The minimum absolute atomic E-state index is 0.167. The summed E-state index contributed by atoms with van der Waals surface area (Å²) in [6, 6.07) is 78.2. The molecule has 0 amide bonds. The molecule has 65 heavy (non-hydrogen) atoms. The van der Waals surface area contributed by atoms with Crippen LogP contribution in [0.25, 0.3) is 106 Å². The van der Waals surface area contributed by atoms with Gasteiger partial charge in [0.1, 0.15) is 5.82 Å². The van der Waals surface area contributed by atoms with Gasteiger partial charge in [0, 0.05) is 33.0 Å². The summed E-state index contributed by atoms with van der Waals surface area (Å²) in [5.41, 5.74) is 17.1. The molecule has 0 fully saturated rings. The second kappa shape index (κ2) is 15.2. The fourth-order valence-electron chi connectivity index (χ4n) is 9.72. The van der Waals surface area contributed by atoms with Gasteiger partial charge in [-0.25, -0.2) is 9.97 Å². The van der Waals surface area contributed by atoms with Crippen LogP contribution in [0, 0.1) is 0 Å². The summed E-state index contributed by atoms with van der Waals surface area (Å²) in [5.74, 6) is 1.72. The lowest BCUT2D eigenvalue weighted by Gasteiger charge is -2.22. The summed E-state index contributed by atoms with van der Waals surface area (Å²) < 4.78 is 7.06. The molecule has 3 aromatic heterocycles. The molecule has 0 spiro atoms. The molecule has 0 aliphatic carbocycles. The van der Waals surface area contributed by atoms with E-state index in [1.54, 1.807) is 0 Å². The zero-order chi connectivity index (χ0) is 43.6. The number of hydrogen-bond acceptors (Lipinski definition) is 2. The lowest BCUT2D eigenvalue weighted by atomic mass is 9.84. The molecule has 0 aliphatic heterocycles. The summed E-state index contributed by atoms with van der Waals surface area (Å²) in [6.07, 6.45) is 0. The zero-order valence-corrected chi connectivity index (χ0v) is 36.5. The van der Waals surface area contributed by atoms with Crippen molar-refractivity contribution in [1.29, 1.82) is 0 Å². The Labute approximate surface area is 378 Å². The fraction of sp³-hybridized carbons (Fsp3) is 0.0667. The average Bonchev–Trinajstić information content (AvgIpc) is 4.04. The first-order valence-electron chi connectivity index (χ1n) is 22.3. The maximum atomic E-state index is 5.79. The van der Waals surface area contributed by atoms with E-state index in [1.807, 2.05) is 0 Å². The number of fused-ring (bicyclic) bond motifs is 5. The first-order valence-corrected chi connectivity index (χ1v) is 22.3. The zero-order valence-electron chi connectivity index (χ0n) is 36.5. The van der Waals surface area contributed by atoms with E-state index in [0.717, 1.165) is 95.2 Å². The van der Waals surface area contributed by atoms with Crippen LogP contribution in [-0.2, 0) is 5.41 Å². The second-order valence-corrected chi connectivity index (χ2v) is 17.9. The van der Waals surface area contributed by atoms with Crippen molar-refractivity contribution in [2.45, 2.75) is 26.2 Å². The van der Waals surface area contributed by atoms with E-state index in [0.29, 0.717) is 0 Å². The van der Waals surface area contributed by atoms with Crippen molar-refractivity contribution in [2.75, 3.05) is 0 Å². The van der Waals surface area contributed by atoms with Crippen LogP contribution in [0.1, 0.15) is 26.3 Å². The Bertz CT molecular complexity index is 3700. The summed E-state index contributed by atoms with van der Waals surface area (Å²) in [4.78, 5) is 11.2. The molecule has 3 heterocycles. The molecule has 0 N–H and O–H groups in total. The molecule has 0 aliphatic rings. The number of aromatic nitrogens is 5. The van der Waals surface area contributed by atoms with Crippen LogP contribution in [0.5, 0.6) is 0 Å². The summed E-state index contributed by atoms with van der Waals surface area (Å²) in [6.45, 7) is 6.87. The molecule has 0 saturated heterocycles. The largest absolute Gasteiger partial charge is 0.292 e. The topological polar surface area (TPSA) is 40.6 Å². The molecule has 310 valence electrons. The molecule has 5 heteroatoms. The number of imidazole rings is 2. The van der Waals surface area contributed by atoms with E-state index in [4.69, 9.17) is 9.97 Å². The standard InChI is InChI=1S/C60H45N5/c1-60(2,3)44-38-42(37-43(39-44)58-61-50-30-14-19-35-55(50)63(58)51-31-15-10-25-45(51)40-21-6-4-7-22-40)47-29-20-36-56-57(47)62-59(64-53-33-17-12-27-48(53)49-28-13-18-34-54(49)64)65(56)52-32-16-11-26-46(52)41-23-8-5-9-24-41/h4-39H,1-3H3. The Morgan fingerprint density at radius 3 is 1.48 bits per heavy atom. The van der Waals surface area contributed by atoms with Gasteiger partial charge in [-0.3, -0.25) is 13.7 Å². The average molecular weight is 836 g/mol. The van der Waals surface area contributed by atoms with Crippen LogP contribution in [0.4, 0.5) is 0 Å². The summed E-state index contributed by atoms with van der Waals surface area (Å²) >= 11 is 0. The lowest BCUT2D eigenvalue weighted by Crippen LogP contribution is -2.11. The highest BCUT2D eigenvalue weighted by molar-refractivity contribution is 6.09. The van der Waals surface area contributed by atoms with Crippen LogP contribution >= 0.6 is 0 Å². The molecular weight excluding hydrogens is 791 g/mol. The van der Waals surface area contributed by atoms with Gasteiger partial charge in [-0.1, -0.05) is 185 Å². The number of rotatable bonds is 7. The highest BCUT2D eigenvalue weighted by Crippen LogP contribution is 2.42. The minimum atomic E-state index is -0.167. The number of benzene rings is 9. The maximum absolute atomic E-state index is 5.79. The van der Waals surface area contributed by atoms with Crippen LogP contribution in [0.15, 0.2) is 218 Å². The van der Waals surface area contributed by atoms with Crippen LogP contribution < -0.4 is 0 Å². The molecule has 12 aromatic rings. The molecule has 0 bridgehead atoms. The molecule has 0 atom stereocenters. The highest BCUT2D eigenvalue weighted by Gasteiger charge is 2.26. The normalized spacial score (nSPS) is 11.9. The number of para-hydroxylation sites is 7. The molecule has 5 nitrogen and oxygen atoms in total. The predicted molar refractivity (Wildman–Crippen MR) is 270 cm³/mol. The molecular formula is C60H45N5. The SMILES string of the molecule is CC(C)(C)c1cc(-c2cccc3c2nc(-n2c4ccccc4c4ccccc42)n3-c2ccccc2-c2ccccc2)cc(-c2nc3ccccc3n2-c2ccccc2-c2ccccc2)c1. The van der Waals surface area contributed by atoms with Gasteiger partial charge in [-0.15, -0.1) is 0 Å². The summed E-state index contributed by atoms with van der Waals surface area (Å²) in [7, 11) is 0. The Balaban J connectivity index is 1.15. The Kier molecular flexibility index (Phi) is 8.99. The van der Waals surface area contributed by atoms with E-state index in [-0.39, 0.29) is 5.41 Å². The molecule has 9 aromatic carbocycles. The number of nitrogens with zero attached hydrogens (tertiary/aromatic N) is 5. The van der Waals surface area contributed by atoms with Gasteiger partial charge < -0.3 is 0 Å². The molecule has 0 saturated carbocycles. The third kappa shape index (κ3) is 6.38. The quantitative estimate of drug-likeness (QED) is 0.160. The van der Waals surface area contributed by atoms with Gasteiger partial charge >= 0.3 is 0 Å². The summed E-state index contributed by atoms with van der Waals surface area (Å²) in [5, 5.41) is 2.38. The monoisotopic (exact) mass is 835 g/mol. The Morgan fingerprint density at radius 2 is 0.846 bits per heavy atom. The highest BCUT2D eigenvalue weighted by atomic mass is 15.2. The van der Waals surface area contributed by atoms with Crippen molar-refractivity contribution in [3.8, 4) is 62.1 Å². The smallest absolute Gasteiger partial charge is 0.220 e. The van der Waals surface area contributed by atoms with Gasteiger partial charge in [0.05, 0.1) is 44.5 Å². The van der Waals surface area contributed by atoms with E-state index in [1.165, 1.54) is 16.3 Å². The van der Waals surface area contributed by atoms with Crippen molar-refractivity contribution in [2.24, 2.45) is 0 Å². The predicted octanol–water partition coefficient (Wildman–Crippen LogP) is 15.4. The van der Waals surface area contributed by atoms with Crippen LogP contribution in [-0.4, -0.2) is 23.7 Å². The molecule has 0 unspecified atom stereocenters. The molecule has 12 rings (SSSR count). The maximum Gasteiger partial charge on any atom is 0.220 e. The van der Waals surface area contributed by atoms with Gasteiger partial charge in [0.15, 0.2) is 0 Å². The Hall–Kier alpha value is -8.28. The lowest BCUT2D eigenvalue weighted by molar-refractivity contribution is 0.590. The van der Waals surface area contributed by atoms with E-state index in [9.17, 15) is 0 Å². The van der Waals surface area contributed by atoms with Crippen LogP contribution in [0.2, 0.25) is 0 Å². The third-order valence-corrected chi connectivity index (χ3v) is 12.8. The Morgan fingerprint density at radius 1 is 0.354 bits per heavy atom. The van der Waals surface area contributed by atoms with Crippen molar-refractivity contribution in [1.82, 2.24) is 23.7 Å². The fourth-order valence-corrected chi connectivity index (χ4v) is 9.72. The van der Waals surface area contributed by atoms with Gasteiger partial charge in [0.25, 0.3) is 0 Å². The van der Waals surface area contributed by atoms with E-state index >= 15 is 0 Å². The van der Waals surface area contributed by atoms with Crippen LogP contribution in [0.3, 0.4) is 0 Å². The van der Waals surface area contributed by atoms with Gasteiger partial charge in [-0.2, -0.15) is 0 Å². The number of hydrogen-bond donors (Lipinski definition) is 0. The first-order chi connectivity index (χ1) is 31.9. The van der Waals surface area contributed by atoms with Gasteiger partial charge in [-0.05, 0) is 82.3 Å². The second-order valence-electron chi connectivity index (χ2n) is 17.9. The van der Waals surface area contributed by atoms with Crippen molar-refractivity contribution < 1.29 is 0 Å². The molecule has 0 radical (unpaired) electrons.